The van der Waals surface area contributed by atoms with Gasteiger partial charge >= 0.3 is 0 Å². The summed E-state index contributed by atoms with van der Waals surface area (Å²) < 4.78 is 13.0. The largest absolute Gasteiger partial charge is 0.493 e. The summed E-state index contributed by atoms with van der Waals surface area (Å²) in [5.41, 5.74) is 3.51. The van der Waals surface area contributed by atoms with E-state index in [-0.39, 0.29) is 5.91 Å². The van der Waals surface area contributed by atoms with Crippen molar-refractivity contribution in [3.8, 4) is 11.5 Å². The Kier molecular flexibility index (Phi) is 7.63. The molecule has 1 saturated heterocycles. The molecule has 8 heteroatoms. The van der Waals surface area contributed by atoms with E-state index in [4.69, 9.17) is 33.3 Å². The third-order valence-electron chi connectivity index (χ3n) is 5.03. The first-order valence-corrected chi connectivity index (χ1v) is 12.6. The van der Waals surface area contributed by atoms with Crippen LogP contribution in [0.5, 0.6) is 11.5 Å². The molecule has 33 heavy (non-hydrogen) atoms. The second kappa shape index (κ2) is 10.5. The highest BCUT2D eigenvalue weighted by Crippen LogP contribution is 2.39. The molecule has 0 N–H and O–H groups in total. The molecule has 1 heterocycles. The van der Waals surface area contributed by atoms with E-state index in [1.165, 1.54) is 11.8 Å². The average Bonchev–Trinajstić information content (AvgIpc) is 3.06. The first-order valence-electron chi connectivity index (χ1n) is 9.96. The van der Waals surface area contributed by atoms with Gasteiger partial charge in [-0.1, -0.05) is 72.0 Å². The molecule has 1 amide bonds. The van der Waals surface area contributed by atoms with Crippen molar-refractivity contribution >= 4 is 80.2 Å². The number of para-hydroxylation sites is 1. The molecule has 0 unspecified atom stereocenters. The molecule has 0 spiro atoms. The third kappa shape index (κ3) is 5.21. The first-order chi connectivity index (χ1) is 15.9. The molecule has 1 fully saturated rings. The SMILES string of the molecule is COc1cc(/C=C2/SC(=S)N(c3ccccc3C)C2=O)cc(I)c1OCc1ccccc1Cl. The number of hydrogen-bond acceptors (Lipinski definition) is 5. The summed E-state index contributed by atoms with van der Waals surface area (Å²) >= 11 is 15.3. The Morgan fingerprint density at radius 2 is 1.88 bits per heavy atom. The van der Waals surface area contributed by atoms with Gasteiger partial charge in [-0.15, -0.1) is 0 Å². The van der Waals surface area contributed by atoms with Gasteiger partial charge in [0.25, 0.3) is 5.91 Å². The number of aryl methyl sites for hydroxylation is 1. The summed E-state index contributed by atoms with van der Waals surface area (Å²) in [6.45, 7) is 2.28. The first kappa shape index (κ1) is 24.1. The van der Waals surface area contributed by atoms with Gasteiger partial charge in [-0.3, -0.25) is 9.69 Å². The fraction of sp³-hybridized carbons (Fsp3) is 0.120. The van der Waals surface area contributed by atoms with Crippen molar-refractivity contribution in [2.75, 3.05) is 12.0 Å². The number of methoxy groups -OCH3 is 1. The second-order valence-electron chi connectivity index (χ2n) is 7.22. The number of hydrogen-bond donors (Lipinski definition) is 0. The smallest absolute Gasteiger partial charge is 0.270 e. The lowest BCUT2D eigenvalue weighted by Crippen LogP contribution is -2.28. The number of anilines is 1. The Morgan fingerprint density at radius 3 is 2.61 bits per heavy atom. The Hall–Kier alpha value is -2.07. The van der Waals surface area contributed by atoms with Crippen molar-refractivity contribution in [1.82, 2.24) is 0 Å². The van der Waals surface area contributed by atoms with Crippen LogP contribution in [-0.4, -0.2) is 17.3 Å². The number of ether oxygens (including phenoxy) is 2. The van der Waals surface area contributed by atoms with E-state index >= 15 is 0 Å². The minimum atomic E-state index is -0.132. The van der Waals surface area contributed by atoms with Crippen LogP contribution in [0.15, 0.2) is 65.6 Å². The van der Waals surface area contributed by atoms with Gasteiger partial charge in [0.15, 0.2) is 15.8 Å². The lowest BCUT2D eigenvalue weighted by molar-refractivity contribution is -0.113. The number of benzene rings is 3. The highest BCUT2D eigenvalue weighted by molar-refractivity contribution is 14.1. The summed E-state index contributed by atoms with van der Waals surface area (Å²) in [7, 11) is 1.59. The summed E-state index contributed by atoms with van der Waals surface area (Å²) in [6.07, 6.45) is 1.83. The second-order valence-corrected chi connectivity index (χ2v) is 10.5. The zero-order chi connectivity index (χ0) is 23.5. The highest BCUT2D eigenvalue weighted by atomic mass is 127. The molecule has 3 aromatic rings. The van der Waals surface area contributed by atoms with Gasteiger partial charge in [-0.05, 0) is 71.0 Å². The third-order valence-corrected chi connectivity index (χ3v) is 7.50. The van der Waals surface area contributed by atoms with Crippen LogP contribution in [-0.2, 0) is 11.4 Å². The average molecular weight is 608 g/mol. The molecule has 3 aromatic carbocycles. The molecular weight excluding hydrogens is 589 g/mol. The monoisotopic (exact) mass is 607 g/mol. The quantitative estimate of drug-likeness (QED) is 0.168. The highest BCUT2D eigenvalue weighted by Gasteiger charge is 2.34. The van der Waals surface area contributed by atoms with Crippen molar-refractivity contribution in [3.05, 3.63) is 90.9 Å². The minimum Gasteiger partial charge on any atom is -0.493 e. The number of halogens is 2. The van der Waals surface area contributed by atoms with E-state index in [0.29, 0.717) is 32.4 Å². The van der Waals surface area contributed by atoms with Gasteiger partial charge < -0.3 is 9.47 Å². The predicted octanol–water partition coefficient (Wildman–Crippen LogP) is 7.25. The minimum absolute atomic E-state index is 0.132. The van der Waals surface area contributed by atoms with E-state index < -0.39 is 0 Å². The fourth-order valence-corrected chi connectivity index (χ4v) is 5.63. The summed E-state index contributed by atoms with van der Waals surface area (Å²) in [5, 5.41) is 0.652. The molecule has 0 radical (unpaired) electrons. The van der Waals surface area contributed by atoms with Crippen LogP contribution in [0.1, 0.15) is 16.7 Å². The zero-order valence-corrected chi connectivity index (χ0v) is 22.3. The Labute approximate surface area is 221 Å². The molecule has 0 saturated carbocycles. The molecule has 1 aliphatic rings. The normalized spacial score (nSPS) is 14.8. The van der Waals surface area contributed by atoms with E-state index in [0.717, 1.165) is 25.9 Å². The maximum absolute atomic E-state index is 13.1. The van der Waals surface area contributed by atoms with E-state index in [2.05, 4.69) is 22.6 Å². The number of amides is 1. The van der Waals surface area contributed by atoms with E-state index in [1.54, 1.807) is 12.0 Å². The van der Waals surface area contributed by atoms with Crippen LogP contribution in [0.25, 0.3) is 6.08 Å². The van der Waals surface area contributed by atoms with Gasteiger partial charge in [-0.25, -0.2) is 0 Å². The Balaban J connectivity index is 1.60. The Morgan fingerprint density at radius 1 is 1.15 bits per heavy atom. The van der Waals surface area contributed by atoms with Crippen LogP contribution >= 0.6 is 58.2 Å². The number of nitrogens with zero attached hydrogens (tertiary/aromatic N) is 1. The van der Waals surface area contributed by atoms with Crippen LogP contribution in [0, 0.1) is 10.5 Å². The maximum atomic E-state index is 13.1. The summed E-state index contributed by atoms with van der Waals surface area (Å²) in [5.74, 6) is 1.07. The maximum Gasteiger partial charge on any atom is 0.270 e. The molecule has 0 aromatic heterocycles. The topological polar surface area (TPSA) is 38.8 Å². The van der Waals surface area contributed by atoms with Gasteiger partial charge in [0.05, 0.1) is 21.3 Å². The molecule has 4 nitrogen and oxygen atoms in total. The fourth-order valence-electron chi connectivity index (χ4n) is 3.37. The van der Waals surface area contributed by atoms with Crippen molar-refractivity contribution < 1.29 is 14.3 Å². The van der Waals surface area contributed by atoms with Gasteiger partial charge in [0.2, 0.25) is 0 Å². The molecule has 0 aliphatic carbocycles. The van der Waals surface area contributed by atoms with Crippen molar-refractivity contribution in [3.63, 3.8) is 0 Å². The number of carbonyl (C=O) groups excluding carboxylic acids is 1. The van der Waals surface area contributed by atoms with Gasteiger partial charge in [0.1, 0.15) is 6.61 Å². The lowest BCUT2D eigenvalue weighted by Gasteiger charge is -2.16. The number of carbonyl (C=O) groups is 1. The van der Waals surface area contributed by atoms with Crippen molar-refractivity contribution in [1.29, 1.82) is 0 Å². The van der Waals surface area contributed by atoms with Crippen LogP contribution < -0.4 is 14.4 Å². The number of rotatable bonds is 6. The Bertz CT molecular complexity index is 1280. The van der Waals surface area contributed by atoms with Crippen molar-refractivity contribution in [2.24, 2.45) is 0 Å². The molecule has 4 rings (SSSR count). The summed E-state index contributed by atoms with van der Waals surface area (Å²) in [6, 6.07) is 19.1. The summed E-state index contributed by atoms with van der Waals surface area (Å²) in [4.78, 5) is 15.3. The molecule has 1 aliphatic heterocycles. The molecule has 168 valence electrons. The predicted molar refractivity (Wildman–Crippen MR) is 148 cm³/mol. The number of thioether (sulfide) groups is 1. The molecule has 0 bridgehead atoms. The van der Waals surface area contributed by atoms with Crippen LogP contribution in [0.3, 0.4) is 0 Å². The van der Waals surface area contributed by atoms with E-state index in [1.807, 2.05) is 73.7 Å². The van der Waals surface area contributed by atoms with Crippen LogP contribution in [0.2, 0.25) is 5.02 Å². The van der Waals surface area contributed by atoms with Crippen molar-refractivity contribution in [2.45, 2.75) is 13.5 Å². The van der Waals surface area contributed by atoms with E-state index in [9.17, 15) is 4.79 Å². The standard InChI is InChI=1S/C25H19ClINO3S2/c1-15-7-3-6-10-20(15)28-24(29)22(33-25(28)32)13-16-11-19(27)23(21(12-16)30-2)31-14-17-8-4-5-9-18(17)26/h3-13H,14H2,1-2H3/b22-13+. The molecular formula is C25H19ClINO3S2. The number of thiocarbonyl (C=S) groups is 1. The van der Waals surface area contributed by atoms with Gasteiger partial charge in [0, 0.05) is 10.6 Å². The van der Waals surface area contributed by atoms with Gasteiger partial charge in [-0.2, -0.15) is 0 Å². The van der Waals surface area contributed by atoms with Crippen LogP contribution in [0.4, 0.5) is 5.69 Å². The zero-order valence-electron chi connectivity index (χ0n) is 17.8. The molecule has 0 atom stereocenters. The lowest BCUT2D eigenvalue weighted by atomic mass is 10.1.